The smallest absolute Gasteiger partial charge is 0.328 e. The highest BCUT2D eigenvalue weighted by molar-refractivity contribution is 5.80. The highest BCUT2D eigenvalue weighted by Gasteiger charge is 2.34. The van der Waals surface area contributed by atoms with Crippen molar-refractivity contribution in [2.24, 2.45) is 0 Å². The van der Waals surface area contributed by atoms with E-state index in [-0.39, 0.29) is 12.1 Å². The molecule has 0 saturated carbocycles. The topological polar surface area (TPSA) is 56.8 Å². The summed E-state index contributed by atoms with van der Waals surface area (Å²) >= 11 is 0. The predicted molar refractivity (Wildman–Crippen MR) is 68.5 cm³/mol. The first-order valence-electron chi connectivity index (χ1n) is 6.65. The molecule has 1 heterocycles. The van der Waals surface area contributed by atoms with Gasteiger partial charge in [-0.3, -0.25) is 0 Å². The fraction of sp³-hybridized carbons (Fsp3) is 0.923. The van der Waals surface area contributed by atoms with E-state index < -0.39 is 5.54 Å². The minimum absolute atomic E-state index is 0.179. The molecular weight excluding hydrogens is 234 g/mol. The first kappa shape index (κ1) is 15.4. The Balaban J connectivity index is 2.37. The lowest BCUT2D eigenvalue weighted by atomic mass is 10.0. The predicted octanol–water partition coefficient (Wildman–Crippen LogP) is 1.11. The molecule has 2 unspecified atom stereocenters. The minimum atomic E-state index is -0.774. The normalized spacial score (nSPS) is 22.7. The van der Waals surface area contributed by atoms with Crippen LogP contribution in [0.5, 0.6) is 0 Å². The van der Waals surface area contributed by atoms with Crippen LogP contribution in [0.1, 0.15) is 33.1 Å². The summed E-state index contributed by atoms with van der Waals surface area (Å²) in [5.74, 6) is -0.289. The molecule has 1 N–H and O–H groups in total. The summed E-state index contributed by atoms with van der Waals surface area (Å²) in [7, 11) is 1.40. The summed E-state index contributed by atoms with van der Waals surface area (Å²) in [6.45, 7) is 6.28. The third-order valence-electron chi connectivity index (χ3n) is 3.12. The van der Waals surface area contributed by atoms with Crippen molar-refractivity contribution in [2.45, 2.75) is 44.8 Å². The van der Waals surface area contributed by atoms with Gasteiger partial charge in [0.2, 0.25) is 0 Å². The molecule has 0 aromatic heterocycles. The number of rotatable bonds is 8. The Labute approximate surface area is 109 Å². The number of carbonyl (C=O) groups excluding carboxylic acids is 1. The monoisotopic (exact) mass is 259 g/mol. The van der Waals surface area contributed by atoms with E-state index in [0.717, 1.165) is 32.4 Å². The van der Waals surface area contributed by atoms with Gasteiger partial charge in [0.15, 0.2) is 0 Å². The number of hydrogen-bond acceptors (Lipinski definition) is 5. The zero-order valence-corrected chi connectivity index (χ0v) is 11.7. The molecule has 0 aromatic rings. The standard InChI is InChI=1S/C13H25NO4/c1-4-7-14-13(2,12(15)16-3)10-17-9-11-6-5-8-18-11/h11,14H,4-10H2,1-3H3. The van der Waals surface area contributed by atoms with Crippen LogP contribution in [0.25, 0.3) is 0 Å². The van der Waals surface area contributed by atoms with Crippen molar-refractivity contribution < 1.29 is 19.0 Å². The Hall–Kier alpha value is -0.650. The molecule has 1 fully saturated rings. The molecule has 1 aliphatic heterocycles. The van der Waals surface area contributed by atoms with Gasteiger partial charge >= 0.3 is 5.97 Å². The molecular formula is C13H25NO4. The molecule has 1 aliphatic rings. The molecule has 106 valence electrons. The summed E-state index contributed by atoms with van der Waals surface area (Å²) in [6.07, 6.45) is 3.27. The lowest BCUT2D eigenvalue weighted by Crippen LogP contribution is -2.54. The molecule has 5 heteroatoms. The van der Waals surface area contributed by atoms with Gasteiger partial charge in [-0.1, -0.05) is 6.92 Å². The molecule has 0 bridgehead atoms. The molecule has 2 atom stereocenters. The Morgan fingerprint density at radius 2 is 2.33 bits per heavy atom. The van der Waals surface area contributed by atoms with Gasteiger partial charge in [0.1, 0.15) is 5.54 Å². The zero-order chi connectivity index (χ0) is 13.4. The summed E-state index contributed by atoms with van der Waals surface area (Å²) in [4.78, 5) is 11.8. The van der Waals surface area contributed by atoms with Crippen LogP contribution < -0.4 is 5.32 Å². The van der Waals surface area contributed by atoms with Gasteiger partial charge in [-0.2, -0.15) is 0 Å². The van der Waals surface area contributed by atoms with Crippen molar-refractivity contribution in [1.29, 1.82) is 0 Å². The number of esters is 1. The highest BCUT2D eigenvalue weighted by Crippen LogP contribution is 2.14. The second-order valence-electron chi connectivity index (χ2n) is 4.90. The molecule has 0 aliphatic carbocycles. The van der Waals surface area contributed by atoms with E-state index in [2.05, 4.69) is 12.2 Å². The van der Waals surface area contributed by atoms with E-state index in [9.17, 15) is 4.79 Å². The molecule has 5 nitrogen and oxygen atoms in total. The van der Waals surface area contributed by atoms with Crippen molar-refractivity contribution >= 4 is 5.97 Å². The second kappa shape index (κ2) is 7.71. The number of ether oxygens (including phenoxy) is 3. The first-order chi connectivity index (χ1) is 8.62. The number of methoxy groups -OCH3 is 1. The SMILES string of the molecule is CCCNC(C)(COCC1CCCO1)C(=O)OC. The van der Waals surface area contributed by atoms with Crippen LogP contribution in [0.4, 0.5) is 0 Å². The third kappa shape index (κ3) is 4.55. The second-order valence-corrected chi connectivity index (χ2v) is 4.90. The van der Waals surface area contributed by atoms with Crippen LogP contribution >= 0.6 is 0 Å². The van der Waals surface area contributed by atoms with E-state index in [1.807, 2.05) is 6.92 Å². The minimum Gasteiger partial charge on any atom is -0.468 e. The third-order valence-corrected chi connectivity index (χ3v) is 3.12. The molecule has 0 amide bonds. The number of carbonyl (C=O) groups is 1. The van der Waals surface area contributed by atoms with Crippen molar-refractivity contribution in [3.63, 3.8) is 0 Å². The fourth-order valence-electron chi connectivity index (χ4n) is 1.98. The van der Waals surface area contributed by atoms with E-state index in [0.29, 0.717) is 13.2 Å². The van der Waals surface area contributed by atoms with Gasteiger partial charge in [-0.25, -0.2) is 4.79 Å². The summed E-state index contributed by atoms with van der Waals surface area (Å²) in [5, 5.41) is 3.18. The van der Waals surface area contributed by atoms with E-state index in [1.54, 1.807) is 0 Å². The van der Waals surface area contributed by atoms with E-state index in [1.165, 1.54) is 7.11 Å². The van der Waals surface area contributed by atoms with Gasteiger partial charge in [0.05, 0.1) is 26.4 Å². The number of hydrogen-bond donors (Lipinski definition) is 1. The summed E-state index contributed by atoms with van der Waals surface area (Å²) in [6, 6.07) is 0. The van der Waals surface area contributed by atoms with Gasteiger partial charge in [0.25, 0.3) is 0 Å². The summed E-state index contributed by atoms with van der Waals surface area (Å²) < 4.78 is 15.9. The van der Waals surface area contributed by atoms with Crippen LogP contribution in [0.2, 0.25) is 0 Å². The van der Waals surface area contributed by atoms with Crippen molar-refractivity contribution in [3.8, 4) is 0 Å². The largest absolute Gasteiger partial charge is 0.468 e. The maximum Gasteiger partial charge on any atom is 0.328 e. The van der Waals surface area contributed by atoms with Crippen LogP contribution in [0.3, 0.4) is 0 Å². The average Bonchev–Trinajstić information content (AvgIpc) is 2.88. The Kier molecular flexibility index (Phi) is 6.60. The van der Waals surface area contributed by atoms with Crippen molar-refractivity contribution in [1.82, 2.24) is 5.32 Å². The Morgan fingerprint density at radius 1 is 1.56 bits per heavy atom. The van der Waals surface area contributed by atoms with Gasteiger partial charge in [-0.05, 0) is 32.7 Å². The molecule has 18 heavy (non-hydrogen) atoms. The van der Waals surface area contributed by atoms with E-state index >= 15 is 0 Å². The fourth-order valence-corrected chi connectivity index (χ4v) is 1.98. The first-order valence-corrected chi connectivity index (χ1v) is 6.65. The Morgan fingerprint density at radius 3 is 2.89 bits per heavy atom. The van der Waals surface area contributed by atoms with Crippen LogP contribution in [-0.2, 0) is 19.0 Å². The molecule has 0 aromatic carbocycles. The lowest BCUT2D eigenvalue weighted by Gasteiger charge is -2.28. The lowest BCUT2D eigenvalue weighted by molar-refractivity contribution is -0.151. The van der Waals surface area contributed by atoms with Crippen LogP contribution in [0, 0.1) is 0 Å². The summed E-state index contributed by atoms with van der Waals surface area (Å²) in [5.41, 5.74) is -0.774. The zero-order valence-electron chi connectivity index (χ0n) is 11.7. The van der Waals surface area contributed by atoms with Gasteiger partial charge < -0.3 is 19.5 Å². The molecule has 0 radical (unpaired) electrons. The van der Waals surface area contributed by atoms with E-state index in [4.69, 9.17) is 14.2 Å². The quantitative estimate of drug-likeness (QED) is 0.662. The maximum atomic E-state index is 11.8. The van der Waals surface area contributed by atoms with Gasteiger partial charge in [-0.15, -0.1) is 0 Å². The molecule has 1 saturated heterocycles. The maximum absolute atomic E-state index is 11.8. The van der Waals surface area contributed by atoms with Crippen LogP contribution in [-0.4, -0.2) is 51.1 Å². The average molecular weight is 259 g/mol. The van der Waals surface area contributed by atoms with Crippen molar-refractivity contribution in [2.75, 3.05) is 33.5 Å². The van der Waals surface area contributed by atoms with Crippen molar-refractivity contribution in [3.05, 3.63) is 0 Å². The Bertz CT molecular complexity index is 253. The number of nitrogens with one attached hydrogen (secondary N) is 1. The van der Waals surface area contributed by atoms with Gasteiger partial charge in [0, 0.05) is 6.61 Å². The highest BCUT2D eigenvalue weighted by atomic mass is 16.5. The molecule has 0 spiro atoms. The molecule has 1 rings (SSSR count). The van der Waals surface area contributed by atoms with Crippen LogP contribution in [0.15, 0.2) is 0 Å².